The van der Waals surface area contributed by atoms with Crippen LogP contribution in [0.4, 0.5) is 0 Å². The van der Waals surface area contributed by atoms with E-state index in [4.69, 9.17) is 9.68 Å². The van der Waals surface area contributed by atoms with Crippen LogP contribution >= 0.6 is 0 Å². The molecule has 2 rings (SSSR count). The molecule has 0 spiro atoms. The minimum Gasteiger partial charge on any atom is -0.422 e. The van der Waals surface area contributed by atoms with E-state index in [0.717, 1.165) is 0 Å². The Kier molecular flexibility index (Phi) is 1.73. The monoisotopic (exact) mass is 172 g/mol. The van der Waals surface area contributed by atoms with Gasteiger partial charge in [-0.05, 0) is 12.1 Å². The second kappa shape index (κ2) is 3.03. The Morgan fingerprint density at radius 1 is 1.46 bits per heavy atom. The Labute approximate surface area is 73.7 Å². The molecule has 62 valence electrons. The maximum absolute atomic E-state index is 8.74. The number of aromatic nitrogens is 3. The zero-order valence-corrected chi connectivity index (χ0v) is 6.51. The molecule has 13 heavy (non-hydrogen) atoms. The Morgan fingerprint density at radius 3 is 3.08 bits per heavy atom. The Morgan fingerprint density at radius 2 is 2.38 bits per heavy atom. The molecule has 2 heterocycles. The van der Waals surface area contributed by atoms with Gasteiger partial charge in [0, 0.05) is 6.20 Å². The van der Waals surface area contributed by atoms with Crippen molar-refractivity contribution in [3.8, 4) is 17.7 Å². The van der Waals surface area contributed by atoms with Crippen LogP contribution in [0.15, 0.2) is 29.1 Å². The Hall–Kier alpha value is -2.22. The summed E-state index contributed by atoms with van der Waals surface area (Å²) in [6.45, 7) is 0. The fraction of sp³-hybridized carbons (Fsp3) is 0. The first-order valence-electron chi connectivity index (χ1n) is 3.53. The van der Waals surface area contributed by atoms with Crippen molar-refractivity contribution in [3.63, 3.8) is 0 Å². The van der Waals surface area contributed by atoms with E-state index in [0.29, 0.717) is 11.3 Å². The van der Waals surface area contributed by atoms with E-state index in [9.17, 15) is 0 Å². The fourth-order valence-corrected chi connectivity index (χ4v) is 0.942. The summed E-state index contributed by atoms with van der Waals surface area (Å²) in [6.07, 6.45) is 2.77. The van der Waals surface area contributed by atoms with Gasteiger partial charge in [0.05, 0.1) is 5.56 Å². The molecule has 0 saturated heterocycles. The van der Waals surface area contributed by atoms with Crippen molar-refractivity contribution in [3.05, 3.63) is 30.3 Å². The van der Waals surface area contributed by atoms with Gasteiger partial charge in [-0.25, -0.2) is 4.98 Å². The lowest BCUT2D eigenvalue weighted by molar-refractivity contribution is 0.566. The number of pyridine rings is 1. The highest BCUT2D eigenvalue weighted by molar-refractivity contribution is 5.57. The first-order valence-corrected chi connectivity index (χ1v) is 3.53. The average molecular weight is 172 g/mol. The summed E-state index contributed by atoms with van der Waals surface area (Å²) >= 11 is 0. The fourth-order valence-electron chi connectivity index (χ4n) is 0.942. The van der Waals surface area contributed by atoms with E-state index in [1.54, 1.807) is 18.3 Å². The highest BCUT2D eigenvalue weighted by Crippen LogP contribution is 2.16. The molecule has 0 N–H and O–H groups in total. The minimum atomic E-state index is 0.261. The Bertz CT molecular complexity index is 443. The first kappa shape index (κ1) is 7.43. The minimum absolute atomic E-state index is 0.261. The van der Waals surface area contributed by atoms with Gasteiger partial charge in [0.2, 0.25) is 6.39 Å². The van der Waals surface area contributed by atoms with Crippen LogP contribution in [0.1, 0.15) is 5.56 Å². The predicted molar refractivity (Wildman–Crippen MR) is 42.2 cm³/mol. The largest absolute Gasteiger partial charge is 0.422 e. The molecule has 0 radical (unpaired) electrons. The van der Waals surface area contributed by atoms with Gasteiger partial charge < -0.3 is 4.42 Å². The number of rotatable bonds is 1. The van der Waals surface area contributed by atoms with Crippen LogP contribution in [0.25, 0.3) is 11.6 Å². The molecule has 0 bridgehead atoms. The van der Waals surface area contributed by atoms with E-state index in [-0.39, 0.29) is 5.89 Å². The molecular formula is C8H4N4O. The lowest BCUT2D eigenvalue weighted by Crippen LogP contribution is -1.87. The third-order valence-corrected chi connectivity index (χ3v) is 1.49. The van der Waals surface area contributed by atoms with Crippen LogP contribution in [0.2, 0.25) is 0 Å². The second-order valence-electron chi connectivity index (χ2n) is 2.26. The van der Waals surface area contributed by atoms with Gasteiger partial charge in [0.25, 0.3) is 5.89 Å². The van der Waals surface area contributed by atoms with E-state index in [1.165, 1.54) is 6.39 Å². The van der Waals surface area contributed by atoms with Crippen LogP contribution in [-0.4, -0.2) is 15.2 Å². The van der Waals surface area contributed by atoms with Gasteiger partial charge in [0.1, 0.15) is 11.8 Å². The Balaban J connectivity index is 2.59. The van der Waals surface area contributed by atoms with Crippen molar-refractivity contribution in [1.82, 2.24) is 15.2 Å². The number of nitrogens with zero attached hydrogens (tertiary/aromatic N) is 4. The van der Waals surface area contributed by atoms with Crippen molar-refractivity contribution in [2.24, 2.45) is 0 Å². The second-order valence-corrected chi connectivity index (χ2v) is 2.26. The molecule has 0 aliphatic heterocycles. The molecule has 0 aromatic carbocycles. The van der Waals surface area contributed by atoms with Crippen LogP contribution < -0.4 is 0 Å². The summed E-state index contributed by atoms with van der Waals surface area (Å²) in [4.78, 5) is 3.97. The van der Waals surface area contributed by atoms with Crippen molar-refractivity contribution < 1.29 is 4.42 Å². The SMILES string of the molecule is N#Cc1cccnc1-c1nnco1. The molecule has 2 aromatic rings. The third kappa shape index (κ3) is 1.25. The normalized spacial score (nSPS) is 9.46. The van der Waals surface area contributed by atoms with E-state index in [1.807, 2.05) is 6.07 Å². The molecule has 5 heteroatoms. The van der Waals surface area contributed by atoms with Gasteiger partial charge >= 0.3 is 0 Å². The molecule has 0 aliphatic carbocycles. The lowest BCUT2D eigenvalue weighted by Gasteiger charge is -1.94. The van der Waals surface area contributed by atoms with E-state index >= 15 is 0 Å². The van der Waals surface area contributed by atoms with Crippen LogP contribution in [0.3, 0.4) is 0 Å². The van der Waals surface area contributed by atoms with Crippen molar-refractivity contribution in [2.45, 2.75) is 0 Å². The van der Waals surface area contributed by atoms with Crippen LogP contribution in [0.5, 0.6) is 0 Å². The van der Waals surface area contributed by atoms with Gasteiger partial charge in [-0.15, -0.1) is 10.2 Å². The smallest absolute Gasteiger partial charge is 0.267 e. The summed E-state index contributed by atoms with van der Waals surface area (Å²) in [7, 11) is 0. The maximum atomic E-state index is 8.74. The van der Waals surface area contributed by atoms with Gasteiger partial charge in [-0.2, -0.15) is 5.26 Å². The van der Waals surface area contributed by atoms with Gasteiger partial charge in [0.15, 0.2) is 0 Å². The summed E-state index contributed by atoms with van der Waals surface area (Å²) in [6, 6.07) is 5.32. The molecule has 0 fully saturated rings. The molecule has 0 aliphatic rings. The zero-order valence-electron chi connectivity index (χ0n) is 6.51. The van der Waals surface area contributed by atoms with Crippen molar-refractivity contribution in [2.75, 3.05) is 0 Å². The quantitative estimate of drug-likeness (QED) is 0.641. The lowest BCUT2D eigenvalue weighted by atomic mass is 10.2. The standard InChI is InChI=1S/C8H4N4O/c9-4-6-2-1-3-10-7(6)8-12-11-5-13-8/h1-3,5H. The van der Waals surface area contributed by atoms with E-state index < -0.39 is 0 Å². The average Bonchev–Trinajstić information content (AvgIpc) is 2.70. The molecule has 0 atom stereocenters. The van der Waals surface area contributed by atoms with Crippen molar-refractivity contribution >= 4 is 0 Å². The molecular weight excluding hydrogens is 168 g/mol. The molecule has 5 nitrogen and oxygen atoms in total. The number of hydrogen-bond donors (Lipinski definition) is 0. The van der Waals surface area contributed by atoms with Crippen molar-refractivity contribution in [1.29, 1.82) is 5.26 Å². The van der Waals surface area contributed by atoms with Crippen LogP contribution in [-0.2, 0) is 0 Å². The first-order chi connectivity index (χ1) is 6.42. The molecule has 2 aromatic heterocycles. The zero-order chi connectivity index (χ0) is 9.10. The molecule has 0 saturated carbocycles. The van der Waals surface area contributed by atoms with E-state index in [2.05, 4.69) is 15.2 Å². The summed E-state index contributed by atoms with van der Waals surface area (Å²) in [5, 5.41) is 15.9. The van der Waals surface area contributed by atoms with Gasteiger partial charge in [-0.3, -0.25) is 0 Å². The summed E-state index contributed by atoms with van der Waals surface area (Å²) < 4.78 is 4.93. The molecule has 0 amide bonds. The third-order valence-electron chi connectivity index (χ3n) is 1.49. The van der Waals surface area contributed by atoms with Gasteiger partial charge in [-0.1, -0.05) is 0 Å². The van der Waals surface area contributed by atoms with Crippen LogP contribution in [0, 0.1) is 11.3 Å². The molecule has 0 unspecified atom stereocenters. The summed E-state index contributed by atoms with van der Waals surface area (Å²) in [5.74, 6) is 0.261. The number of nitriles is 1. The highest BCUT2D eigenvalue weighted by atomic mass is 16.4. The highest BCUT2D eigenvalue weighted by Gasteiger charge is 2.09. The summed E-state index contributed by atoms with van der Waals surface area (Å²) in [5.41, 5.74) is 0.842. The number of hydrogen-bond acceptors (Lipinski definition) is 5. The maximum Gasteiger partial charge on any atom is 0.267 e. The topological polar surface area (TPSA) is 75.6 Å². The predicted octanol–water partition coefficient (Wildman–Crippen LogP) is 1.00.